The summed E-state index contributed by atoms with van der Waals surface area (Å²) in [6.45, 7) is 3.40. The van der Waals surface area contributed by atoms with Gasteiger partial charge in [-0.3, -0.25) is 4.90 Å². The molecule has 25 heavy (non-hydrogen) atoms. The van der Waals surface area contributed by atoms with Crippen LogP contribution in [-0.4, -0.2) is 37.5 Å². The lowest BCUT2D eigenvalue weighted by atomic mass is 9.96. The Morgan fingerprint density at radius 2 is 1.68 bits per heavy atom. The van der Waals surface area contributed by atoms with Crippen LogP contribution in [0, 0.1) is 0 Å². The smallest absolute Gasteiger partial charge is 0.240 e. The van der Waals surface area contributed by atoms with Gasteiger partial charge in [-0.15, -0.1) is 12.4 Å². The van der Waals surface area contributed by atoms with Gasteiger partial charge in [-0.1, -0.05) is 42.5 Å². The van der Waals surface area contributed by atoms with Gasteiger partial charge in [0.25, 0.3) is 0 Å². The number of hydrogen-bond donors (Lipinski definition) is 1. The number of nitrogens with one attached hydrogen (secondary N) is 1. The minimum Gasteiger partial charge on any atom is -0.314 e. The molecule has 1 aliphatic heterocycles. The van der Waals surface area contributed by atoms with Crippen LogP contribution in [0.15, 0.2) is 42.5 Å². The molecule has 0 amide bonds. The minimum absolute atomic E-state index is 0. The first-order valence-corrected chi connectivity index (χ1v) is 8.66. The molecule has 1 atom stereocenters. The first-order valence-electron chi connectivity index (χ1n) is 8.66. The first kappa shape index (κ1) is 18.3. The van der Waals surface area contributed by atoms with Crippen molar-refractivity contribution in [1.82, 2.24) is 10.2 Å². The van der Waals surface area contributed by atoms with Crippen LogP contribution >= 0.6 is 12.4 Å². The first-order chi connectivity index (χ1) is 11.7. The van der Waals surface area contributed by atoms with Gasteiger partial charge in [0.2, 0.25) is 6.43 Å². The lowest BCUT2D eigenvalue weighted by Gasteiger charge is -2.35. The van der Waals surface area contributed by atoms with Gasteiger partial charge in [0.05, 0.1) is 0 Å². The third kappa shape index (κ3) is 3.71. The van der Waals surface area contributed by atoms with Gasteiger partial charge in [-0.25, -0.2) is 8.78 Å². The Bertz CT molecular complexity index is 729. The maximum atomic E-state index is 13.2. The maximum Gasteiger partial charge on any atom is 0.240 e. The highest BCUT2D eigenvalue weighted by Gasteiger charge is 2.27. The molecule has 0 radical (unpaired) electrons. The third-order valence-electron chi connectivity index (χ3n) is 5.20. The second-order valence-corrected chi connectivity index (χ2v) is 6.68. The Morgan fingerprint density at radius 3 is 2.44 bits per heavy atom. The molecular formula is C20H23ClF2N2. The van der Waals surface area contributed by atoms with Crippen molar-refractivity contribution in [3.8, 4) is 11.1 Å². The van der Waals surface area contributed by atoms with Crippen molar-refractivity contribution >= 4 is 12.4 Å². The molecule has 1 saturated heterocycles. The summed E-state index contributed by atoms with van der Waals surface area (Å²) in [4.78, 5) is 2.20. The monoisotopic (exact) mass is 364 g/mol. The Hall–Kier alpha value is -1.49. The predicted octanol–water partition coefficient (Wildman–Crippen LogP) is 4.28. The van der Waals surface area contributed by atoms with Crippen LogP contribution in [0.5, 0.6) is 0 Å². The van der Waals surface area contributed by atoms with Crippen LogP contribution in [0.2, 0.25) is 0 Å². The van der Waals surface area contributed by atoms with Gasteiger partial charge in [0.1, 0.15) is 0 Å². The zero-order valence-electron chi connectivity index (χ0n) is 14.1. The van der Waals surface area contributed by atoms with Crippen LogP contribution in [0.1, 0.15) is 29.2 Å². The Kier molecular flexibility index (Phi) is 5.72. The van der Waals surface area contributed by atoms with Crippen molar-refractivity contribution in [1.29, 1.82) is 0 Å². The van der Waals surface area contributed by atoms with E-state index in [0.717, 1.165) is 38.2 Å². The molecule has 0 bridgehead atoms. The van der Waals surface area contributed by atoms with Gasteiger partial charge >= 0.3 is 0 Å². The van der Waals surface area contributed by atoms with Gasteiger partial charge in [0.15, 0.2) is 0 Å². The average Bonchev–Trinajstić information content (AvgIpc) is 2.98. The van der Waals surface area contributed by atoms with Crippen LogP contribution in [0.25, 0.3) is 11.1 Å². The normalized spacial score (nSPS) is 17.7. The lowest BCUT2D eigenvalue weighted by Crippen LogP contribution is -2.45. The topological polar surface area (TPSA) is 15.3 Å². The molecule has 2 aromatic rings. The van der Waals surface area contributed by atoms with E-state index in [1.54, 1.807) is 0 Å². The highest BCUT2D eigenvalue weighted by atomic mass is 35.5. The van der Waals surface area contributed by atoms with Crippen LogP contribution in [0.4, 0.5) is 8.78 Å². The quantitative estimate of drug-likeness (QED) is 0.743. The number of nitrogens with zero attached hydrogens (tertiary/aromatic N) is 1. The standard InChI is InChI=1S/C20H22F2N2.ClH/c21-20(22)13-19(24-9-7-23-8-10-24)15-5-6-18-16(12-15)11-14-3-1-2-4-17(14)18;/h1-6,12,19-20,23H,7-11,13H2;1H/t19-;/m1./s1. The van der Waals surface area contributed by atoms with Crippen molar-refractivity contribution in [2.45, 2.75) is 25.3 Å². The zero-order valence-corrected chi connectivity index (χ0v) is 14.9. The SMILES string of the molecule is Cl.FC(F)C[C@H](c1ccc2c(c1)Cc1ccccc1-2)N1CCNCC1. The maximum absolute atomic E-state index is 13.2. The minimum atomic E-state index is -2.28. The molecule has 5 heteroatoms. The van der Waals surface area contributed by atoms with E-state index in [1.165, 1.54) is 22.3 Å². The Labute approximate surface area is 153 Å². The molecule has 2 nitrogen and oxygen atoms in total. The second kappa shape index (κ2) is 7.81. The van der Waals surface area contributed by atoms with E-state index in [2.05, 4.69) is 52.7 Å². The number of halogens is 3. The number of benzene rings is 2. The highest BCUT2D eigenvalue weighted by Crippen LogP contribution is 2.39. The van der Waals surface area contributed by atoms with Gasteiger partial charge < -0.3 is 5.32 Å². The van der Waals surface area contributed by atoms with E-state index < -0.39 is 6.43 Å². The molecule has 0 saturated carbocycles. The summed E-state index contributed by atoms with van der Waals surface area (Å²) in [5, 5.41) is 3.30. The van der Waals surface area contributed by atoms with Crippen molar-refractivity contribution in [3.05, 3.63) is 59.2 Å². The molecule has 4 rings (SSSR count). The summed E-state index contributed by atoms with van der Waals surface area (Å²) in [5.41, 5.74) is 6.17. The number of alkyl halides is 2. The number of hydrogen-bond acceptors (Lipinski definition) is 2. The van der Waals surface area contributed by atoms with Crippen molar-refractivity contribution in [2.75, 3.05) is 26.2 Å². The van der Waals surface area contributed by atoms with Gasteiger partial charge in [-0.05, 0) is 34.2 Å². The fourth-order valence-electron chi connectivity index (χ4n) is 4.03. The molecule has 134 valence electrons. The van der Waals surface area contributed by atoms with Crippen molar-refractivity contribution in [2.24, 2.45) is 0 Å². The molecule has 0 spiro atoms. The molecule has 1 N–H and O–H groups in total. The fraction of sp³-hybridized carbons (Fsp3) is 0.400. The largest absolute Gasteiger partial charge is 0.314 e. The van der Waals surface area contributed by atoms with E-state index in [0.29, 0.717) is 0 Å². The summed E-state index contributed by atoms with van der Waals surface area (Å²) in [6, 6.07) is 14.6. The number of piperazine rings is 1. The highest BCUT2D eigenvalue weighted by molar-refractivity contribution is 5.85. The summed E-state index contributed by atoms with van der Waals surface area (Å²) in [5.74, 6) is 0. The van der Waals surface area contributed by atoms with Gasteiger partial charge in [-0.2, -0.15) is 0 Å². The molecule has 2 aromatic carbocycles. The third-order valence-corrected chi connectivity index (χ3v) is 5.20. The molecule has 1 heterocycles. The summed E-state index contributed by atoms with van der Waals surface area (Å²) < 4.78 is 26.3. The average molecular weight is 365 g/mol. The Balaban J connectivity index is 0.00000182. The van der Waals surface area contributed by atoms with Crippen molar-refractivity contribution in [3.63, 3.8) is 0 Å². The molecule has 0 aromatic heterocycles. The second-order valence-electron chi connectivity index (χ2n) is 6.68. The van der Waals surface area contributed by atoms with Crippen LogP contribution in [-0.2, 0) is 6.42 Å². The fourth-order valence-corrected chi connectivity index (χ4v) is 4.03. The summed E-state index contributed by atoms with van der Waals surface area (Å²) in [7, 11) is 0. The number of rotatable bonds is 4. The molecular weight excluding hydrogens is 342 g/mol. The van der Waals surface area contributed by atoms with E-state index >= 15 is 0 Å². The molecule has 0 unspecified atom stereocenters. The Morgan fingerprint density at radius 1 is 0.960 bits per heavy atom. The van der Waals surface area contributed by atoms with E-state index in [-0.39, 0.29) is 24.9 Å². The molecule has 2 aliphatic rings. The van der Waals surface area contributed by atoms with Crippen LogP contribution < -0.4 is 5.32 Å². The summed E-state index contributed by atoms with van der Waals surface area (Å²) >= 11 is 0. The van der Waals surface area contributed by atoms with Gasteiger partial charge in [0, 0.05) is 38.6 Å². The summed E-state index contributed by atoms with van der Waals surface area (Å²) in [6.07, 6.45) is -1.47. The van der Waals surface area contributed by atoms with E-state index in [9.17, 15) is 8.78 Å². The number of fused-ring (bicyclic) bond motifs is 3. The lowest BCUT2D eigenvalue weighted by molar-refractivity contribution is 0.0739. The van der Waals surface area contributed by atoms with E-state index in [4.69, 9.17) is 0 Å². The zero-order chi connectivity index (χ0) is 16.5. The molecule has 1 aliphatic carbocycles. The van der Waals surface area contributed by atoms with Crippen molar-refractivity contribution < 1.29 is 8.78 Å². The predicted molar refractivity (Wildman–Crippen MR) is 99.7 cm³/mol. The van der Waals surface area contributed by atoms with Crippen LogP contribution in [0.3, 0.4) is 0 Å². The van der Waals surface area contributed by atoms with E-state index in [1.807, 2.05) is 0 Å². The molecule has 1 fully saturated rings.